The molecule has 0 N–H and O–H groups in total. The van der Waals surface area contributed by atoms with Gasteiger partial charge in [0.15, 0.2) is 5.78 Å². The smallest absolute Gasteiger partial charge is 0.156 e. The van der Waals surface area contributed by atoms with Crippen LogP contribution in [0.2, 0.25) is 0 Å². The highest BCUT2D eigenvalue weighted by atomic mass is 16.1. The van der Waals surface area contributed by atoms with Gasteiger partial charge in [-0.2, -0.15) is 0 Å². The fraction of sp³-hybridized carbons (Fsp3) is 0.500. The van der Waals surface area contributed by atoms with Crippen LogP contribution in [0, 0.1) is 5.92 Å². The molecule has 1 unspecified atom stereocenters. The molecule has 2 heteroatoms. The molecule has 0 fully saturated rings. The van der Waals surface area contributed by atoms with Gasteiger partial charge in [0.1, 0.15) is 5.78 Å². The molecule has 0 saturated heterocycles. The Morgan fingerprint density at radius 2 is 2.30 bits per heavy atom. The zero-order valence-electron chi connectivity index (χ0n) is 6.18. The topological polar surface area (TPSA) is 34.1 Å². The lowest BCUT2D eigenvalue weighted by Crippen LogP contribution is -2.09. The summed E-state index contributed by atoms with van der Waals surface area (Å²) in [4.78, 5) is 21.5. The van der Waals surface area contributed by atoms with Crippen LogP contribution in [0.25, 0.3) is 0 Å². The van der Waals surface area contributed by atoms with Crippen molar-refractivity contribution in [3.8, 4) is 0 Å². The minimum Gasteiger partial charge on any atom is -0.299 e. The molecule has 1 aliphatic carbocycles. The van der Waals surface area contributed by atoms with Crippen molar-refractivity contribution in [2.45, 2.75) is 20.3 Å². The predicted octanol–water partition coefficient (Wildman–Crippen LogP) is 1.11. The molecule has 0 aliphatic heterocycles. The molecule has 0 heterocycles. The van der Waals surface area contributed by atoms with Gasteiger partial charge >= 0.3 is 0 Å². The van der Waals surface area contributed by atoms with Gasteiger partial charge in [-0.1, -0.05) is 5.57 Å². The fourth-order valence-electron chi connectivity index (χ4n) is 1.24. The fourth-order valence-corrected chi connectivity index (χ4v) is 1.24. The Kier molecular flexibility index (Phi) is 1.70. The zero-order valence-corrected chi connectivity index (χ0v) is 6.18. The average Bonchev–Trinajstić information content (AvgIpc) is 2.10. The molecular formula is C8H10O2. The normalized spacial score (nSPS) is 24.8. The molecule has 0 radical (unpaired) electrons. The van der Waals surface area contributed by atoms with E-state index in [0.29, 0.717) is 6.42 Å². The van der Waals surface area contributed by atoms with Crippen molar-refractivity contribution in [3.05, 3.63) is 11.6 Å². The van der Waals surface area contributed by atoms with Gasteiger partial charge in [-0.25, -0.2) is 0 Å². The van der Waals surface area contributed by atoms with Crippen LogP contribution in [-0.2, 0) is 9.59 Å². The number of allylic oxidation sites excluding steroid dienone is 2. The van der Waals surface area contributed by atoms with Gasteiger partial charge in [0.05, 0.1) is 0 Å². The summed E-state index contributed by atoms with van der Waals surface area (Å²) in [5.74, 6) is 0.0600. The van der Waals surface area contributed by atoms with E-state index in [9.17, 15) is 9.59 Å². The Hall–Kier alpha value is -0.920. The molecule has 1 aliphatic rings. The number of hydrogen-bond acceptors (Lipinski definition) is 2. The van der Waals surface area contributed by atoms with E-state index in [1.54, 1.807) is 6.08 Å². The van der Waals surface area contributed by atoms with Gasteiger partial charge in [-0.3, -0.25) is 9.59 Å². The third-order valence-corrected chi connectivity index (χ3v) is 1.83. The molecule has 1 rings (SSSR count). The molecular weight excluding hydrogens is 128 g/mol. The first-order valence-electron chi connectivity index (χ1n) is 3.32. The summed E-state index contributed by atoms with van der Waals surface area (Å²) in [5.41, 5.74) is 0.914. The number of Topliss-reactive ketones (excluding diaryl/α,β-unsaturated/α-hetero) is 1. The Labute approximate surface area is 59.9 Å². The molecule has 0 spiro atoms. The second-order valence-electron chi connectivity index (χ2n) is 2.72. The first-order chi connectivity index (χ1) is 4.61. The van der Waals surface area contributed by atoms with Crippen molar-refractivity contribution in [3.63, 3.8) is 0 Å². The van der Waals surface area contributed by atoms with Crippen molar-refractivity contribution in [2.75, 3.05) is 0 Å². The standard InChI is InChI=1S/C8H10O2/c1-5-3-7(10)4-8(5)6(2)9/h3,8H,4H2,1-2H3. The molecule has 0 bridgehead atoms. The lowest BCUT2D eigenvalue weighted by molar-refractivity contribution is -0.122. The Morgan fingerprint density at radius 3 is 2.50 bits per heavy atom. The molecule has 0 aromatic rings. The SMILES string of the molecule is CC(=O)C1CC(=O)C=C1C. The number of rotatable bonds is 1. The van der Waals surface area contributed by atoms with Crippen LogP contribution in [-0.4, -0.2) is 11.6 Å². The van der Waals surface area contributed by atoms with Crippen molar-refractivity contribution >= 4 is 11.6 Å². The second-order valence-corrected chi connectivity index (χ2v) is 2.72. The van der Waals surface area contributed by atoms with Crippen LogP contribution in [0.5, 0.6) is 0 Å². The molecule has 0 aromatic carbocycles. The van der Waals surface area contributed by atoms with Crippen LogP contribution in [0.15, 0.2) is 11.6 Å². The van der Waals surface area contributed by atoms with Gasteiger partial charge in [-0.15, -0.1) is 0 Å². The Bertz CT molecular complexity index is 213. The van der Waals surface area contributed by atoms with Gasteiger partial charge in [-0.05, 0) is 19.9 Å². The zero-order chi connectivity index (χ0) is 7.72. The highest BCUT2D eigenvalue weighted by Gasteiger charge is 2.24. The van der Waals surface area contributed by atoms with Gasteiger partial charge in [0.25, 0.3) is 0 Å². The van der Waals surface area contributed by atoms with Gasteiger partial charge in [0, 0.05) is 12.3 Å². The third kappa shape index (κ3) is 1.15. The Balaban J connectivity index is 2.78. The minimum atomic E-state index is -0.118. The summed E-state index contributed by atoms with van der Waals surface area (Å²) in [6, 6.07) is 0. The highest BCUT2D eigenvalue weighted by molar-refractivity contribution is 5.99. The lowest BCUT2D eigenvalue weighted by atomic mass is 9.99. The van der Waals surface area contributed by atoms with Crippen LogP contribution in [0.4, 0.5) is 0 Å². The van der Waals surface area contributed by atoms with Gasteiger partial charge in [0.2, 0.25) is 0 Å². The average molecular weight is 138 g/mol. The molecule has 10 heavy (non-hydrogen) atoms. The molecule has 0 aromatic heterocycles. The van der Waals surface area contributed by atoms with E-state index >= 15 is 0 Å². The minimum absolute atomic E-state index is 0.0812. The quantitative estimate of drug-likeness (QED) is 0.544. The van der Waals surface area contributed by atoms with Crippen LogP contribution in [0.1, 0.15) is 20.3 Å². The van der Waals surface area contributed by atoms with Gasteiger partial charge < -0.3 is 0 Å². The second kappa shape index (κ2) is 2.37. The molecule has 0 amide bonds. The largest absolute Gasteiger partial charge is 0.299 e. The summed E-state index contributed by atoms with van der Waals surface area (Å²) in [7, 11) is 0. The van der Waals surface area contributed by atoms with Crippen LogP contribution < -0.4 is 0 Å². The molecule has 2 nitrogen and oxygen atoms in total. The summed E-state index contributed by atoms with van der Waals surface area (Å²) >= 11 is 0. The van der Waals surface area contributed by atoms with Crippen molar-refractivity contribution < 1.29 is 9.59 Å². The lowest BCUT2D eigenvalue weighted by Gasteiger charge is -2.03. The number of carbonyl (C=O) groups is 2. The van der Waals surface area contributed by atoms with Crippen molar-refractivity contribution in [1.82, 2.24) is 0 Å². The van der Waals surface area contributed by atoms with E-state index in [-0.39, 0.29) is 17.5 Å². The summed E-state index contributed by atoms with van der Waals surface area (Å²) in [6.07, 6.45) is 1.95. The number of hydrogen-bond donors (Lipinski definition) is 0. The van der Waals surface area contributed by atoms with E-state index in [2.05, 4.69) is 0 Å². The van der Waals surface area contributed by atoms with Crippen molar-refractivity contribution in [2.24, 2.45) is 5.92 Å². The third-order valence-electron chi connectivity index (χ3n) is 1.83. The molecule has 0 saturated carbocycles. The maximum absolute atomic E-state index is 10.8. The summed E-state index contributed by atoms with van der Waals surface area (Å²) < 4.78 is 0. The highest BCUT2D eigenvalue weighted by Crippen LogP contribution is 2.23. The Morgan fingerprint density at radius 1 is 1.70 bits per heavy atom. The van der Waals surface area contributed by atoms with E-state index in [1.165, 1.54) is 6.92 Å². The maximum atomic E-state index is 10.8. The molecule has 1 atom stereocenters. The van der Waals surface area contributed by atoms with E-state index in [4.69, 9.17) is 0 Å². The number of ketones is 2. The monoisotopic (exact) mass is 138 g/mol. The molecule has 54 valence electrons. The van der Waals surface area contributed by atoms with Crippen molar-refractivity contribution in [1.29, 1.82) is 0 Å². The maximum Gasteiger partial charge on any atom is 0.156 e. The van der Waals surface area contributed by atoms with E-state index in [0.717, 1.165) is 5.57 Å². The first kappa shape index (κ1) is 7.19. The summed E-state index contributed by atoms with van der Waals surface area (Å²) in [5, 5.41) is 0. The first-order valence-corrected chi connectivity index (χ1v) is 3.32. The van der Waals surface area contributed by atoms with Crippen LogP contribution >= 0.6 is 0 Å². The summed E-state index contributed by atoms with van der Waals surface area (Å²) in [6.45, 7) is 3.36. The van der Waals surface area contributed by atoms with E-state index in [1.807, 2.05) is 6.92 Å². The van der Waals surface area contributed by atoms with E-state index < -0.39 is 0 Å². The van der Waals surface area contributed by atoms with Crippen LogP contribution in [0.3, 0.4) is 0 Å². The number of carbonyl (C=O) groups excluding carboxylic acids is 2. The predicted molar refractivity (Wildman–Crippen MR) is 37.6 cm³/mol.